The van der Waals surface area contributed by atoms with Gasteiger partial charge in [0.15, 0.2) is 5.58 Å². The van der Waals surface area contributed by atoms with E-state index >= 15 is 0 Å². The quantitative estimate of drug-likeness (QED) is 0.643. The van der Waals surface area contributed by atoms with Crippen LogP contribution in [0.2, 0.25) is 0 Å². The smallest absolute Gasteiger partial charge is 0.269 e. The second kappa shape index (κ2) is 4.38. The third-order valence-electron chi connectivity index (χ3n) is 2.83. The van der Waals surface area contributed by atoms with E-state index < -0.39 is 0 Å². The molecule has 1 heterocycles. The third-order valence-corrected chi connectivity index (χ3v) is 3.13. The van der Waals surface area contributed by atoms with Gasteiger partial charge in [-0.15, -0.1) is 0 Å². The van der Waals surface area contributed by atoms with Gasteiger partial charge in [0.2, 0.25) is 0 Å². The number of aromatic nitrogens is 1. The molecule has 0 aliphatic rings. The summed E-state index contributed by atoms with van der Waals surface area (Å²) in [5.41, 5.74) is 2.70. The van der Waals surface area contributed by atoms with Crippen LogP contribution >= 0.6 is 12.2 Å². The number of hydrogen-bond acceptors (Lipinski definition) is 2. The van der Waals surface area contributed by atoms with Crippen molar-refractivity contribution in [3.05, 3.63) is 64.7 Å². The Morgan fingerprint density at radius 1 is 1.06 bits per heavy atom. The van der Waals surface area contributed by atoms with E-state index in [2.05, 4.69) is 0 Å². The van der Waals surface area contributed by atoms with Gasteiger partial charge in [-0.1, -0.05) is 24.3 Å². The molecule has 0 spiro atoms. The van der Waals surface area contributed by atoms with E-state index in [0.717, 1.165) is 16.7 Å². The molecule has 0 unspecified atom stereocenters. The summed E-state index contributed by atoms with van der Waals surface area (Å²) >= 11 is 5.20. The Morgan fingerprint density at radius 3 is 2.56 bits per heavy atom. The average molecular weight is 259 g/mol. The summed E-state index contributed by atoms with van der Waals surface area (Å²) < 4.78 is 20.3. The summed E-state index contributed by atoms with van der Waals surface area (Å²) in [4.78, 5) is 0.431. The number of oxazole rings is 1. The molecule has 2 nitrogen and oxygen atoms in total. The molecule has 4 heteroatoms. The molecule has 3 aromatic rings. The first-order valence-electron chi connectivity index (χ1n) is 5.57. The lowest BCUT2D eigenvalue weighted by Crippen LogP contribution is -1.99. The highest BCUT2D eigenvalue weighted by atomic mass is 32.1. The Bertz CT molecular complexity index is 742. The molecule has 0 atom stereocenters. The fraction of sp³-hybridized carbons (Fsp3) is 0.0714. The molecule has 0 N–H and O–H groups in total. The van der Waals surface area contributed by atoms with E-state index in [9.17, 15) is 4.39 Å². The second-order valence-corrected chi connectivity index (χ2v) is 4.40. The zero-order valence-electron chi connectivity index (χ0n) is 9.47. The zero-order chi connectivity index (χ0) is 12.5. The van der Waals surface area contributed by atoms with Crippen LogP contribution in [-0.4, -0.2) is 4.57 Å². The summed E-state index contributed by atoms with van der Waals surface area (Å²) in [7, 11) is 0. The van der Waals surface area contributed by atoms with Crippen molar-refractivity contribution in [2.75, 3.05) is 0 Å². The van der Waals surface area contributed by atoms with Crippen LogP contribution in [0.1, 0.15) is 5.56 Å². The maximum atomic E-state index is 12.9. The fourth-order valence-corrected chi connectivity index (χ4v) is 2.19. The maximum absolute atomic E-state index is 12.9. The van der Waals surface area contributed by atoms with Crippen molar-refractivity contribution < 1.29 is 8.81 Å². The number of halogens is 1. The Balaban J connectivity index is 2.07. The Labute approximate surface area is 108 Å². The molecule has 0 aliphatic heterocycles. The van der Waals surface area contributed by atoms with Crippen LogP contribution in [-0.2, 0) is 6.54 Å². The van der Waals surface area contributed by atoms with Gasteiger partial charge in [-0.25, -0.2) is 4.39 Å². The predicted octanol–water partition coefficient (Wildman–Crippen LogP) is 4.15. The van der Waals surface area contributed by atoms with Crippen LogP contribution in [0.5, 0.6) is 0 Å². The molecular weight excluding hydrogens is 249 g/mol. The van der Waals surface area contributed by atoms with Crippen LogP contribution < -0.4 is 0 Å². The van der Waals surface area contributed by atoms with E-state index in [0.29, 0.717) is 11.4 Å². The van der Waals surface area contributed by atoms with Gasteiger partial charge in [-0.2, -0.15) is 0 Å². The van der Waals surface area contributed by atoms with Gasteiger partial charge in [-0.3, -0.25) is 4.57 Å². The molecule has 0 radical (unpaired) electrons. The average Bonchev–Trinajstić information content (AvgIpc) is 2.69. The first-order chi connectivity index (χ1) is 8.74. The normalized spacial score (nSPS) is 10.9. The molecule has 3 rings (SSSR count). The van der Waals surface area contributed by atoms with E-state index in [-0.39, 0.29) is 5.82 Å². The minimum Gasteiger partial charge on any atom is -0.429 e. The third kappa shape index (κ3) is 1.95. The van der Waals surface area contributed by atoms with Crippen molar-refractivity contribution in [1.82, 2.24) is 4.57 Å². The molecule has 0 fully saturated rings. The van der Waals surface area contributed by atoms with E-state index in [4.69, 9.17) is 16.6 Å². The highest BCUT2D eigenvalue weighted by Gasteiger charge is 2.06. The topological polar surface area (TPSA) is 18.1 Å². The van der Waals surface area contributed by atoms with Crippen molar-refractivity contribution in [3.8, 4) is 0 Å². The SMILES string of the molecule is Fc1ccc(Cn2c(=S)oc3ccccc32)cc1. The van der Waals surface area contributed by atoms with Crippen molar-refractivity contribution in [2.45, 2.75) is 6.54 Å². The van der Waals surface area contributed by atoms with Gasteiger partial charge in [-0.05, 0) is 42.0 Å². The lowest BCUT2D eigenvalue weighted by Gasteiger charge is -2.03. The van der Waals surface area contributed by atoms with E-state index in [1.165, 1.54) is 12.1 Å². The first kappa shape index (κ1) is 11.2. The number of rotatable bonds is 2. The second-order valence-electron chi connectivity index (χ2n) is 4.05. The van der Waals surface area contributed by atoms with Crippen LogP contribution in [0.4, 0.5) is 4.39 Å². The molecule has 90 valence electrons. The van der Waals surface area contributed by atoms with E-state index in [1.807, 2.05) is 28.8 Å². The van der Waals surface area contributed by atoms with Crippen molar-refractivity contribution in [2.24, 2.45) is 0 Å². The van der Waals surface area contributed by atoms with Gasteiger partial charge in [0, 0.05) is 0 Å². The zero-order valence-corrected chi connectivity index (χ0v) is 10.3. The summed E-state index contributed by atoms with van der Waals surface area (Å²) in [5.74, 6) is -0.237. The first-order valence-corrected chi connectivity index (χ1v) is 5.98. The molecule has 0 saturated heterocycles. The van der Waals surface area contributed by atoms with Gasteiger partial charge < -0.3 is 4.42 Å². The summed E-state index contributed by atoms with van der Waals surface area (Å²) in [6.07, 6.45) is 0. The molecular formula is C14H10FNOS. The van der Waals surface area contributed by atoms with Gasteiger partial charge >= 0.3 is 0 Å². The van der Waals surface area contributed by atoms with Crippen LogP contribution in [0.3, 0.4) is 0 Å². The van der Waals surface area contributed by atoms with Crippen molar-refractivity contribution >= 4 is 23.3 Å². The highest BCUT2D eigenvalue weighted by Crippen LogP contribution is 2.18. The minimum atomic E-state index is -0.237. The number of para-hydroxylation sites is 2. The van der Waals surface area contributed by atoms with E-state index in [1.54, 1.807) is 12.1 Å². The molecule has 0 aliphatic carbocycles. The van der Waals surface area contributed by atoms with Crippen molar-refractivity contribution in [3.63, 3.8) is 0 Å². The maximum Gasteiger partial charge on any atom is 0.269 e. The highest BCUT2D eigenvalue weighted by molar-refractivity contribution is 7.71. The van der Waals surface area contributed by atoms with Gasteiger partial charge in [0.1, 0.15) is 5.82 Å². The molecule has 1 aromatic heterocycles. The minimum absolute atomic E-state index is 0.237. The summed E-state index contributed by atoms with van der Waals surface area (Å²) in [5, 5.41) is 0. The predicted molar refractivity (Wildman–Crippen MR) is 70.5 cm³/mol. The Morgan fingerprint density at radius 2 is 1.78 bits per heavy atom. The Hall–Kier alpha value is -1.94. The molecule has 0 saturated carbocycles. The number of nitrogens with zero attached hydrogens (tertiary/aromatic N) is 1. The van der Waals surface area contributed by atoms with Crippen LogP contribution in [0.15, 0.2) is 52.9 Å². The summed E-state index contributed by atoms with van der Waals surface area (Å²) in [6, 6.07) is 14.1. The van der Waals surface area contributed by atoms with Crippen LogP contribution in [0, 0.1) is 10.7 Å². The van der Waals surface area contributed by atoms with Gasteiger partial charge in [0.25, 0.3) is 4.84 Å². The number of fused-ring (bicyclic) bond motifs is 1. The standard InChI is InChI=1S/C14H10FNOS/c15-11-7-5-10(6-8-11)9-16-12-3-1-2-4-13(12)17-14(16)18/h1-8H,9H2. The Kier molecular flexibility index (Phi) is 2.72. The molecule has 18 heavy (non-hydrogen) atoms. The fourth-order valence-electron chi connectivity index (χ4n) is 1.94. The lowest BCUT2D eigenvalue weighted by atomic mass is 10.2. The van der Waals surface area contributed by atoms with Crippen molar-refractivity contribution in [1.29, 1.82) is 0 Å². The largest absolute Gasteiger partial charge is 0.429 e. The lowest BCUT2D eigenvalue weighted by molar-refractivity contribution is 0.548. The molecule has 0 bridgehead atoms. The number of benzene rings is 2. The number of hydrogen-bond donors (Lipinski definition) is 0. The molecule has 0 amide bonds. The van der Waals surface area contributed by atoms with Crippen LogP contribution in [0.25, 0.3) is 11.1 Å². The summed E-state index contributed by atoms with van der Waals surface area (Å²) in [6.45, 7) is 0.579. The molecule has 2 aromatic carbocycles. The van der Waals surface area contributed by atoms with Gasteiger partial charge in [0.05, 0.1) is 12.1 Å². The monoisotopic (exact) mass is 259 g/mol.